The van der Waals surface area contributed by atoms with Crippen molar-refractivity contribution in [1.29, 1.82) is 0 Å². The van der Waals surface area contributed by atoms with Crippen molar-refractivity contribution in [2.45, 2.75) is 26.1 Å². The summed E-state index contributed by atoms with van der Waals surface area (Å²) in [7, 11) is 0. The first-order valence-corrected chi connectivity index (χ1v) is 7.54. The number of hydrogen-bond donors (Lipinski definition) is 1. The predicted octanol–water partition coefficient (Wildman–Crippen LogP) is 4.82. The summed E-state index contributed by atoms with van der Waals surface area (Å²) < 4.78 is 38.1. The third-order valence-corrected chi connectivity index (χ3v) is 4.18. The van der Waals surface area contributed by atoms with Gasteiger partial charge in [-0.1, -0.05) is 24.6 Å². The van der Waals surface area contributed by atoms with Gasteiger partial charge in [0.15, 0.2) is 5.01 Å². The fourth-order valence-corrected chi connectivity index (χ4v) is 3.25. The highest BCUT2D eigenvalue weighted by molar-refractivity contribution is 7.11. The zero-order valence-corrected chi connectivity index (χ0v) is 13.0. The number of halogens is 4. The van der Waals surface area contributed by atoms with Crippen molar-refractivity contribution >= 4 is 22.9 Å². The number of benzene rings is 1. The Bertz CT molecular complexity index is 605. The summed E-state index contributed by atoms with van der Waals surface area (Å²) in [6, 6.07) is 5.13. The third-order valence-electron chi connectivity index (χ3n) is 2.86. The quantitative estimate of drug-likeness (QED) is 0.866. The summed E-state index contributed by atoms with van der Waals surface area (Å²) in [5, 5.41) is 2.91. The molecule has 1 aromatic heterocycles. The molecule has 2 rings (SSSR count). The molecule has 2 aromatic rings. The third kappa shape index (κ3) is 3.96. The molecule has 114 valence electrons. The molecule has 0 amide bonds. The summed E-state index contributed by atoms with van der Waals surface area (Å²) >= 11 is 6.69. The van der Waals surface area contributed by atoms with Gasteiger partial charge in [0.2, 0.25) is 0 Å². The average Bonchev–Trinajstić information content (AvgIpc) is 2.83. The van der Waals surface area contributed by atoms with E-state index in [1.165, 1.54) is 6.20 Å². The molecule has 1 atom stereocenters. The highest BCUT2D eigenvalue weighted by Gasteiger charge is 2.35. The maximum absolute atomic E-state index is 12.7. The monoisotopic (exact) mass is 334 g/mol. The average molecular weight is 335 g/mol. The Morgan fingerprint density at radius 1 is 1.33 bits per heavy atom. The van der Waals surface area contributed by atoms with Crippen molar-refractivity contribution < 1.29 is 13.2 Å². The lowest BCUT2D eigenvalue weighted by Crippen LogP contribution is -2.21. The zero-order valence-electron chi connectivity index (χ0n) is 11.5. The summed E-state index contributed by atoms with van der Waals surface area (Å²) in [6.45, 7) is 4.41. The van der Waals surface area contributed by atoms with Crippen molar-refractivity contribution in [1.82, 2.24) is 10.3 Å². The topological polar surface area (TPSA) is 24.9 Å². The molecule has 0 aliphatic rings. The fourth-order valence-electron chi connectivity index (χ4n) is 2.07. The number of nitrogens with zero attached hydrogens (tertiary/aromatic N) is 1. The second kappa shape index (κ2) is 6.34. The second-order valence-electron chi connectivity index (χ2n) is 4.62. The van der Waals surface area contributed by atoms with E-state index in [9.17, 15) is 13.2 Å². The smallest absolute Gasteiger partial charge is 0.306 e. The van der Waals surface area contributed by atoms with E-state index in [0.29, 0.717) is 27.8 Å². The number of aryl methyl sites for hydroxylation is 1. The Hall–Kier alpha value is -1.11. The zero-order chi connectivity index (χ0) is 15.6. The number of nitrogens with one attached hydrogen (secondary N) is 1. The Morgan fingerprint density at radius 3 is 2.57 bits per heavy atom. The molecule has 0 aliphatic carbocycles. The van der Waals surface area contributed by atoms with Crippen LogP contribution in [0.3, 0.4) is 0 Å². The molecule has 0 bridgehead atoms. The van der Waals surface area contributed by atoms with Gasteiger partial charge >= 0.3 is 6.18 Å². The van der Waals surface area contributed by atoms with Gasteiger partial charge in [-0.15, -0.1) is 11.3 Å². The molecule has 1 aromatic carbocycles. The highest BCUT2D eigenvalue weighted by atomic mass is 35.5. The molecule has 1 unspecified atom stereocenters. The number of hydrogen-bond acceptors (Lipinski definition) is 3. The largest absolute Gasteiger partial charge is 0.443 e. The lowest BCUT2D eigenvalue weighted by atomic mass is 10.0. The van der Waals surface area contributed by atoms with Crippen molar-refractivity contribution in [2.24, 2.45) is 0 Å². The van der Waals surface area contributed by atoms with Crippen LogP contribution in [0.2, 0.25) is 5.02 Å². The van der Waals surface area contributed by atoms with Gasteiger partial charge in [0.25, 0.3) is 0 Å². The first-order valence-electron chi connectivity index (χ1n) is 6.34. The minimum absolute atomic E-state index is 0.346. The van der Waals surface area contributed by atoms with E-state index in [2.05, 4.69) is 10.3 Å². The van der Waals surface area contributed by atoms with Crippen LogP contribution in [0, 0.1) is 6.92 Å². The Morgan fingerprint density at radius 2 is 2.05 bits per heavy atom. The predicted molar refractivity (Wildman–Crippen MR) is 78.8 cm³/mol. The van der Waals surface area contributed by atoms with Gasteiger partial charge in [0.1, 0.15) is 0 Å². The maximum atomic E-state index is 12.7. The van der Waals surface area contributed by atoms with Crippen LogP contribution in [0.15, 0.2) is 24.4 Å². The summed E-state index contributed by atoms with van der Waals surface area (Å²) in [5.41, 5.74) is 1.79. The molecule has 0 saturated heterocycles. The van der Waals surface area contributed by atoms with E-state index >= 15 is 0 Å². The van der Waals surface area contributed by atoms with Crippen molar-refractivity contribution in [2.75, 3.05) is 6.54 Å². The highest BCUT2D eigenvalue weighted by Crippen LogP contribution is 2.36. The number of thiazole rings is 1. The molecule has 7 heteroatoms. The van der Waals surface area contributed by atoms with E-state index < -0.39 is 11.2 Å². The van der Waals surface area contributed by atoms with Gasteiger partial charge in [0, 0.05) is 16.1 Å². The molecule has 0 radical (unpaired) electrons. The molecule has 0 spiro atoms. The van der Waals surface area contributed by atoms with Crippen LogP contribution in [0.1, 0.15) is 34.0 Å². The number of alkyl halides is 3. The van der Waals surface area contributed by atoms with E-state index in [1.54, 1.807) is 6.07 Å². The lowest BCUT2D eigenvalue weighted by molar-refractivity contribution is -0.137. The Labute approximate surface area is 130 Å². The standard InChI is InChI=1S/C14H14ClF3N2S/c1-3-19-12(9-4-8(2)5-10(15)6-9)11-7-20-13(21-11)14(16,17)18/h4-7,12,19H,3H2,1-2H3. The Balaban J connectivity index is 2.41. The molecule has 0 aliphatic heterocycles. The number of rotatable bonds is 4. The fraction of sp³-hybridized carbons (Fsp3) is 0.357. The molecule has 21 heavy (non-hydrogen) atoms. The summed E-state index contributed by atoms with van der Waals surface area (Å²) in [4.78, 5) is 4.00. The maximum Gasteiger partial charge on any atom is 0.443 e. The van der Waals surface area contributed by atoms with Gasteiger partial charge in [-0.2, -0.15) is 13.2 Å². The molecule has 0 fully saturated rings. The van der Waals surface area contributed by atoms with Gasteiger partial charge in [-0.3, -0.25) is 0 Å². The van der Waals surface area contributed by atoms with Gasteiger partial charge in [-0.25, -0.2) is 4.98 Å². The van der Waals surface area contributed by atoms with E-state index in [0.717, 1.165) is 11.1 Å². The molecule has 0 saturated carbocycles. The first kappa shape index (κ1) is 16.3. The molecule has 1 N–H and O–H groups in total. The minimum Gasteiger partial charge on any atom is -0.306 e. The lowest BCUT2D eigenvalue weighted by Gasteiger charge is -2.17. The van der Waals surface area contributed by atoms with Crippen LogP contribution in [0.5, 0.6) is 0 Å². The van der Waals surface area contributed by atoms with Crippen LogP contribution < -0.4 is 5.32 Å². The van der Waals surface area contributed by atoms with Gasteiger partial charge < -0.3 is 5.32 Å². The van der Waals surface area contributed by atoms with Crippen molar-refractivity contribution in [3.63, 3.8) is 0 Å². The van der Waals surface area contributed by atoms with Crippen LogP contribution in [0.25, 0.3) is 0 Å². The van der Waals surface area contributed by atoms with Crippen molar-refractivity contribution in [3.05, 3.63) is 50.4 Å². The molecule has 2 nitrogen and oxygen atoms in total. The first-order chi connectivity index (χ1) is 9.81. The summed E-state index contributed by atoms with van der Waals surface area (Å²) in [5.74, 6) is 0. The summed E-state index contributed by atoms with van der Waals surface area (Å²) in [6.07, 6.45) is -3.14. The SMILES string of the molecule is CCNC(c1cc(C)cc(Cl)c1)c1cnc(C(F)(F)F)s1. The minimum atomic E-state index is -4.41. The molecule has 1 heterocycles. The van der Waals surface area contributed by atoms with Crippen LogP contribution in [0.4, 0.5) is 13.2 Å². The molecular weight excluding hydrogens is 321 g/mol. The second-order valence-corrected chi connectivity index (χ2v) is 6.12. The molecular formula is C14H14ClF3N2S. The number of aromatic nitrogens is 1. The van der Waals surface area contributed by atoms with Crippen LogP contribution in [-0.2, 0) is 6.18 Å². The van der Waals surface area contributed by atoms with Crippen molar-refractivity contribution in [3.8, 4) is 0 Å². The van der Waals surface area contributed by atoms with E-state index in [1.807, 2.05) is 26.0 Å². The van der Waals surface area contributed by atoms with Crippen LogP contribution >= 0.6 is 22.9 Å². The van der Waals surface area contributed by atoms with Crippen LogP contribution in [-0.4, -0.2) is 11.5 Å². The normalized spacial score (nSPS) is 13.4. The van der Waals surface area contributed by atoms with E-state index in [-0.39, 0.29) is 6.04 Å². The van der Waals surface area contributed by atoms with Gasteiger partial charge in [-0.05, 0) is 36.7 Å². The van der Waals surface area contributed by atoms with Gasteiger partial charge in [0.05, 0.1) is 6.04 Å². The van der Waals surface area contributed by atoms with E-state index in [4.69, 9.17) is 11.6 Å². The Kier molecular flexibility index (Phi) is 4.91.